The predicted molar refractivity (Wildman–Crippen MR) is 124 cm³/mol. The Hall–Kier alpha value is -4.52. The SMILES string of the molecule is COC(=O)c1ccc2nc(-c3cccc(Nc4ccc(-c5cccnn5)cc4)c3)[nH]c2c1. The number of esters is 1. The normalized spacial score (nSPS) is 10.8. The Morgan fingerprint density at radius 2 is 1.78 bits per heavy atom. The van der Waals surface area contributed by atoms with E-state index in [2.05, 4.69) is 25.5 Å². The van der Waals surface area contributed by atoms with Crippen molar-refractivity contribution in [2.45, 2.75) is 0 Å². The van der Waals surface area contributed by atoms with Gasteiger partial charge in [0.1, 0.15) is 5.82 Å². The Morgan fingerprint density at radius 1 is 0.906 bits per heavy atom. The Balaban J connectivity index is 1.38. The van der Waals surface area contributed by atoms with Crippen molar-refractivity contribution in [2.24, 2.45) is 0 Å². The minimum absolute atomic E-state index is 0.375. The summed E-state index contributed by atoms with van der Waals surface area (Å²) in [4.78, 5) is 19.7. The summed E-state index contributed by atoms with van der Waals surface area (Å²) in [5, 5.41) is 11.5. The van der Waals surface area contributed by atoms with Crippen LogP contribution in [-0.2, 0) is 4.74 Å². The number of benzene rings is 3. The van der Waals surface area contributed by atoms with Crippen molar-refractivity contribution in [1.29, 1.82) is 0 Å². The molecule has 3 aromatic carbocycles. The van der Waals surface area contributed by atoms with Crippen molar-refractivity contribution < 1.29 is 9.53 Å². The van der Waals surface area contributed by atoms with Gasteiger partial charge in [0.2, 0.25) is 0 Å². The number of methoxy groups -OCH3 is 1. The van der Waals surface area contributed by atoms with E-state index in [-0.39, 0.29) is 5.97 Å². The fraction of sp³-hybridized carbons (Fsp3) is 0.0400. The van der Waals surface area contributed by atoms with Crippen molar-refractivity contribution in [1.82, 2.24) is 20.2 Å². The van der Waals surface area contributed by atoms with Gasteiger partial charge in [-0.3, -0.25) is 0 Å². The largest absolute Gasteiger partial charge is 0.465 e. The van der Waals surface area contributed by atoms with Crippen LogP contribution in [0.5, 0.6) is 0 Å². The van der Waals surface area contributed by atoms with Gasteiger partial charge in [0.05, 0.1) is 29.4 Å². The molecule has 2 N–H and O–H groups in total. The molecule has 0 amide bonds. The highest BCUT2D eigenvalue weighted by Crippen LogP contribution is 2.26. The number of ether oxygens (including phenoxy) is 1. The highest BCUT2D eigenvalue weighted by atomic mass is 16.5. The van der Waals surface area contributed by atoms with Gasteiger partial charge in [0, 0.05) is 28.7 Å². The molecule has 2 heterocycles. The topological polar surface area (TPSA) is 92.8 Å². The number of hydrogen-bond donors (Lipinski definition) is 2. The highest BCUT2D eigenvalue weighted by molar-refractivity contribution is 5.94. The molecule has 5 rings (SSSR count). The lowest BCUT2D eigenvalue weighted by Crippen LogP contribution is -2.00. The second-order valence-corrected chi connectivity index (χ2v) is 7.20. The number of aromatic amines is 1. The molecule has 0 atom stereocenters. The van der Waals surface area contributed by atoms with Crippen LogP contribution in [0.1, 0.15) is 10.4 Å². The van der Waals surface area contributed by atoms with Crippen LogP contribution in [0.25, 0.3) is 33.7 Å². The van der Waals surface area contributed by atoms with Crippen LogP contribution in [-0.4, -0.2) is 33.2 Å². The van der Waals surface area contributed by atoms with Crippen molar-refractivity contribution in [3.63, 3.8) is 0 Å². The summed E-state index contributed by atoms with van der Waals surface area (Å²) >= 11 is 0. The smallest absolute Gasteiger partial charge is 0.337 e. The molecule has 2 aromatic heterocycles. The van der Waals surface area contributed by atoms with E-state index in [1.54, 1.807) is 18.3 Å². The molecule has 32 heavy (non-hydrogen) atoms. The molecule has 0 spiro atoms. The zero-order valence-corrected chi connectivity index (χ0v) is 17.2. The number of carbonyl (C=O) groups is 1. The average Bonchev–Trinajstić information content (AvgIpc) is 3.28. The van der Waals surface area contributed by atoms with Crippen LogP contribution in [0, 0.1) is 0 Å². The number of fused-ring (bicyclic) bond motifs is 1. The van der Waals surface area contributed by atoms with E-state index in [1.807, 2.05) is 66.7 Å². The molecule has 0 aliphatic rings. The number of anilines is 2. The van der Waals surface area contributed by atoms with Gasteiger partial charge in [-0.25, -0.2) is 9.78 Å². The molecule has 0 aliphatic carbocycles. The molecule has 0 unspecified atom stereocenters. The van der Waals surface area contributed by atoms with Gasteiger partial charge in [-0.15, -0.1) is 0 Å². The lowest BCUT2D eigenvalue weighted by molar-refractivity contribution is 0.0601. The number of imidazole rings is 1. The van der Waals surface area contributed by atoms with E-state index in [0.717, 1.165) is 45.1 Å². The fourth-order valence-electron chi connectivity index (χ4n) is 3.48. The van der Waals surface area contributed by atoms with Gasteiger partial charge in [0.25, 0.3) is 0 Å². The fourth-order valence-corrected chi connectivity index (χ4v) is 3.48. The first-order valence-corrected chi connectivity index (χ1v) is 10.0. The van der Waals surface area contributed by atoms with E-state index in [0.29, 0.717) is 5.56 Å². The molecule has 0 aliphatic heterocycles. The molecule has 5 aromatic rings. The number of nitrogens with one attached hydrogen (secondary N) is 2. The average molecular weight is 421 g/mol. The number of H-pyrrole nitrogens is 1. The number of aromatic nitrogens is 4. The van der Waals surface area contributed by atoms with E-state index >= 15 is 0 Å². The summed E-state index contributed by atoms with van der Waals surface area (Å²) in [6.45, 7) is 0. The van der Waals surface area contributed by atoms with Crippen LogP contribution in [0.2, 0.25) is 0 Å². The van der Waals surface area contributed by atoms with Crippen LogP contribution in [0.4, 0.5) is 11.4 Å². The summed E-state index contributed by atoms with van der Waals surface area (Å²) in [5.74, 6) is 0.350. The van der Waals surface area contributed by atoms with Gasteiger partial charge in [0.15, 0.2) is 0 Å². The Morgan fingerprint density at radius 3 is 2.56 bits per heavy atom. The highest BCUT2D eigenvalue weighted by Gasteiger charge is 2.10. The Bertz CT molecular complexity index is 1400. The maximum absolute atomic E-state index is 11.8. The van der Waals surface area contributed by atoms with E-state index in [4.69, 9.17) is 4.74 Å². The van der Waals surface area contributed by atoms with Gasteiger partial charge in [-0.05, 0) is 54.6 Å². The van der Waals surface area contributed by atoms with Crippen LogP contribution in [0.15, 0.2) is 85.1 Å². The maximum Gasteiger partial charge on any atom is 0.337 e. The third kappa shape index (κ3) is 3.91. The van der Waals surface area contributed by atoms with Gasteiger partial charge in [-0.1, -0.05) is 24.3 Å². The Labute approximate surface area is 184 Å². The molecule has 7 nitrogen and oxygen atoms in total. The third-order valence-electron chi connectivity index (χ3n) is 5.08. The van der Waals surface area contributed by atoms with Gasteiger partial charge >= 0.3 is 5.97 Å². The van der Waals surface area contributed by atoms with Crippen molar-refractivity contribution in [3.8, 4) is 22.6 Å². The maximum atomic E-state index is 11.8. The van der Waals surface area contributed by atoms with E-state index in [1.165, 1.54) is 7.11 Å². The third-order valence-corrected chi connectivity index (χ3v) is 5.08. The van der Waals surface area contributed by atoms with Gasteiger partial charge < -0.3 is 15.0 Å². The molecular weight excluding hydrogens is 402 g/mol. The van der Waals surface area contributed by atoms with Crippen LogP contribution < -0.4 is 5.32 Å². The Kier molecular flexibility index (Phi) is 5.05. The van der Waals surface area contributed by atoms with E-state index in [9.17, 15) is 4.79 Å². The summed E-state index contributed by atoms with van der Waals surface area (Å²) in [6, 6.07) is 25.1. The minimum atomic E-state index is -0.375. The number of nitrogens with zero attached hydrogens (tertiary/aromatic N) is 3. The minimum Gasteiger partial charge on any atom is -0.465 e. The molecule has 0 saturated heterocycles. The lowest BCUT2D eigenvalue weighted by atomic mass is 10.1. The first kappa shape index (κ1) is 19.4. The standard InChI is InChI=1S/C25H19N5O2/c1-32-25(31)18-9-12-22-23(15-18)29-24(28-22)17-4-2-5-20(14-17)27-19-10-7-16(8-11-19)21-6-3-13-26-30-21/h2-15,27H,1H3,(H,28,29). The quantitative estimate of drug-likeness (QED) is 0.378. The summed E-state index contributed by atoms with van der Waals surface area (Å²) in [7, 11) is 1.37. The first-order chi connectivity index (χ1) is 15.7. The zero-order chi connectivity index (χ0) is 21.9. The van der Waals surface area contributed by atoms with Crippen molar-refractivity contribution >= 4 is 28.4 Å². The molecule has 0 fully saturated rings. The van der Waals surface area contributed by atoms with Crippen LogP contribution >= 0.6 is 0 Å². The summed E-state index contributed by atoms with van der Waals surface area (Å²) in [6.07, 6.45) is 1.66. The molecule has 7 heteroatoms. The lowest BCUT2D eigenvalue weighted by Gasteiger charge is -2.08. The summed E-state index contributed by atoms with van der Waals surface area (Å²) in [5.41, 5.74) is 6.71. The predicted octanol–water partition coefficient (Wildman–Crippen LogP) is 5.22. The number of hydrogen-bond acceptors (Lipinski definition) is 6. The second-order valence-electron chi connectivity index (χ2n) is 7.20. The van der Waals surface area contributed by atoms with Crippen molar-refractivity contribution in [3.05, 3.63) is 90.6 Å². The van der Waals surface area contributed by atoms with Crippen molar-refractivity contribution in [2.75, 3.05) is 12.4 Å². The zero-order valence-electron chi connectivity index (χ0n) is 17.2. The first-order valence-electron chi connectivity index (χ1n) is 10.0. The van der Waals surface area contributed by atoms with Gasteiger partial charge in [-0.2, -0.15) is 10.2 Å². The molecular formula is C25H19N5O2. The molecule has 0 saturated carbocycles. The molecule has 0 bridgehead atoms. The molecule has 156 valence electrons. The number of carbonyl (C=O) groups excluding carboxylic acids is 1. The van der Waals surface area contributed by atoms with Crippen LogP contribution in [0.3, 0.4) is 0 Å². The number of rotatable bonds is 5. The monoisotopic (exact) mass is 421 g/mol. The van der Waals surface area contributed by atoms with E-state index < -0.39 is 0 Å². The summed E-state index contributed by atoms with van der Waals surface area (Å²) < 4.78 is 4.79. The molecule has 0 radical (unpaired) electrons. The second kappa shape index (κ2) is 8.31.